The molecule has 4 saturated carbocycles. The molecule has 110 valence electrons. The molecule has 0 saturated heterocycles. The molecule has 0 heterocycles. The molecule has 0 spiro atoms. The van der Waals surface area contributed by atoms with E-state index in [4.69, 9.17) is 0 Å². The maximum absolute atomic E-state index is 3.70. The summed E-state index contributed by atoms with van der Waals surface area (Å²) in [5.74, 6) is 6.28. The van der Waals surface area contributed by atoms with Gasteiger partial charge in [0.1, 0.15) is 0 Å². The second-order valence-corrected chi connectivity index (χ2v) is 8.23. The van der Waals surface area contributed by atoms with Gasteiger partial charge in [0.05, 0.1) is 0 Å². The van der Waals surface area contributed by atoms with Gasteiger partial charge in [-0.15, -0.1) is 0 Å². The molecule has 1 N–H and O–H groups in total. The lowest BCUT2D eigenvalue weighted by molar-refractivity contribution is -0.0522. The van der Waals surface area contributed by atoms with E-state index >= 15 is 0 Å². The third-order valence-corrected chi connectivity index (χ3v) is 6.43. The SMILES string of the molecule is CNC(CCCC(C)C)C1C2CC3CC(C2)CC1C3. The molecule has 0 aliphatic heterocycles. The van der Waals surface area contributed by atoms with Crippen LogP contribution in [0.2, 0.25) is 0 Å². The minimum absolute atomic E-state index is 0.814. The highest BCUT2D eigenvalue weighted by atomic mass is 14.9. The van der Waals surface area contributed by atoms with E-state index in [0.29, 0.717) is 0 Å². The Labute approximate surface area is 119 Å². The van der Waals surface area contributed by atoms with Gasteiger partial charge < -0.3 is 5.32 Å². The molecule has 1 atom stereocenters. The zero-order valence-electron chi connectivity index (χ0n) is 13.2. The molecule has 0 aromatic rings. The van der Waals surface area contributed by atoms with Crippen LogP contribution < -0.4 is 5.32 Å². The summed E-state index contributed by atoms with van der Waals surface area (Å²) in [4.78, 5) is 0. The van der Waals surface area contributed by atoms with E-state index in [1.165, 1.54) is 19.3 Å². The van der Waals surface area contributed by atoms with Gasteiger partial charge in [-0.2, -0.15) is 0 Å². The Bertz CT molecular complexity index is 268. The van der Waals surface area contributed by atoms with Crippen LogP contribution >= 0.6 is 0 Å². The summed E-state index contributed by atoms with van der Waals surface area (Å²) in [6.07, 6.45) is 12.1. The van der Waals surface area contributed by atoms with Crippen molar-refractivity contribution in [2.75, 3.05) is 7.05 Å². The molecule has 0 aromatic heterocycles. The van der Waals surface area contributed by atoms with Gasteiger partial charge in [0.15, 0.2) is 0 Å². The summed E-state index contributed by atoms with van der Waals surface area (Å²) >= 11 is 0. The van der Waals surface area contributed by atoms with E-state index in [1.54, 1.807) is 32.1 Å². The van der Waals surface area contributed by atoms with Crippen LogP contribution in [0.15, 0.2) is 0 Å². The summed E-state index contributed by atoms with van der Waals surface area (Å²) in [6, 6.07) is 0.814. The molecule has 0 aromatic carbocycles. The Morgan fingerprint density at radius 2 is 1.47 bits per heavy atom. The Morgan fingerprint density at radius 1 is 0.895 bits per heavy atom. The summed E-state index contributed by atoms with van der Waals surface area (Å²) in [6.45, 7) is 4.72. The van der Waals surface area contributed by atoms with Crippen molar-refractivity contribution in [3.63, 3.8) is 0 Å². The first-order valence-electron chi connectivity index (χ1n) is 8.84. The minimum Gasteiger partial charge on any atom is -0.317 e. The zero-order valence-corrected chi connectivity index (χ0v) is 13.2. The molecule has 0 amide bonds. The van der Waals surface area contributed by atoms with Crippen LogP contribution in [0.3, 0.4) is 0 Å². The average Bonchev–Trinajstić information content (AvgIpc) is 2.35. The Kier molecular flexibility index (Phi) is 4.22. The van der Waals surface area contributed by atoms with Gasteiger partial charge in [0.2, 0.25) is 0 Å². The van der Waals surface area contributed by atoms with Gasteiger partial charge in [-0.05, 0) is 81.1 Å². The molecule has 4 fully saturated rings. The lowest BCUT2D eigenvalue weighted by Crippen LogP contribution is -2.52. The van der Waals surface area contributed by atoms with Crippen molar-refractivity contribution < 1.29 is 0 Å². The van der Waals surface area contributed by atoms with Crippen molar-refractivity contribution in [2.45, 2.75) is 71.3 Å². The summed E-state index contributed by atoms with van der Waals surface area (Å²) in [7, 11) is 2.21. The third kappa shape index (κ3) is 2.86. The van der Waals surface area contributed by atoms with Crippen molar-refractivity contribution >= 4 is 0 Å². The molecule has 4 bridgehead atoms. The van der Waals surface area contributed by atoms with Crippen LogP contribution in [-0.2, 0) is 0 Å². The molecule has 1 unspecified atom stereocenters. The van der Waals surface area contributed by atoms with Crippen molar-refractivity contribution in [1.82, 2.24) is 5.32 Å². The summed E-state index contributed by atoms with van der Waals surface area (Å²) < 4.78 is 0. The number of hydrogen-bond acceptors (Lipinski definition) is 1. The predicted molar refractivity (Wildman–Crippen MR) is 82.1 cm³/mol. The van der Waals surface area contributed by atoms with Crippen molar-refractivity contribution in [1.29, 1.82) is 0 Å². The van der Waals surface area contributed by atoms with Gasteiger partial charge in [0, 0.05) is 6.04 Å². The first-order valence-corrected chi connectivity index (χ1v) is 8.84. The molecular formula is C18H33N. The van der Waals surface area contributed by atoms with Crippen molar-refractivity contribution in [2.24, 2.45) is 35.5 Å². The Hall–Kier alpha value is -0.0400. The van der Waals surface area contributed by atoms with E-state index in [-0.39, 0.29) is 0 Å². The molecule has 1 heteroatoms. The fourth-order valence-corrected chi connectivity index (χ4v) is 5.90. The highest BCUT2D eigenvalue weighted by molar-refractivity contribution is 5.01. The lowest BCUT2D eigenvalue weighted by atomic mass is 9.50. The molecular weight excluding hydrogens is 230 g/mol. The maximum Gasteiger partial charge on any atom is 0.00976 e. The third-order valence-electron chi connectivity index (χ3n) is 6.43. The largest absolute Gasteiger partial charge is 0.317 e. The monoisotopic (exact) mass is 263 g/mol. The highest BCUT2D eigenvalue weighted by Gasteiger charge is 2.49. The molecule has 19 heavy (non-hydrogen) atoms. The normalized spacial score (nSPS) is 42.0. The molecule has 4 aliphatic rings. The van der Waals surface area contributed by atoms with Crippen LogP contribution in [0, 0.1) is 35.5 Å². The standard InChI is InChI=1S/C18H33N/c1-12(2)5-4-6-17(19-3)18-15-8-13-7-14(10-15)11-16(18)9-13/h12-19H,4-11H2,1-3H3. The van der Waals surface area contributed by atoms with E-state index in [9.17, 15) is 0 Å². The fraction of sp³-hybridized carbons (Fsp3) is 1.00. The van der Waals surface area contributed by atoms with E-state index in [2.05, 4.69) is 26.2 Å². The number of rotatable bonds is 6. The summed E-state index contributed by atoms with van der Waals surface area (Å²) in [5.41, 5.74) is 0. The van der Waals surface area contributed by atoms with Gasteiger partial charge in [-0.3, -0.25) is 0 Å². The van der Waals surface area contributed by atoms with Crippen LogP contribution in [0.1, 0.15) is 65.2 Å². The number of hydrogen-bond donors (Lipinski definition) is 1. The van der Waals surface area contributed by atoms with Crippen molar-refractivity contribution in [3.8, 4) is 0 Å². The Morgan fingerprint density at radius 3 is 1.95 bits per heavy atom. The maximum atomic E-state index is 3.70. The molecule has 0 radical (unpaired) electrons. The second kappa shape index (κ2) is 5.76. The molecule has 4 rings (SSSR count). The van der Waals surface area contributed by atoms with Crippen LogP contribution in [0.5, 0.6) is 0 Å². The fourth-order valence-electron chi connectivity index (χ4n) is 5.90. The minimum atomic E-state index is 0.814. The Balaban J connectivity index is 1.60. The van der Waals surface area contributed by atoms with Gasteiger partial charge in [-0.1, -0.05) is 26.7 Å². The highest BCUT2D eigenvalue weighted by Crippen LogP contribution is 2.57. The van der Waals surface area contributed by atoms with Gasteiger partial charge in [-0.25, -0.2) is 0 Å². The zero-order chi connectivity index (χ0) is 13.4. The van der Waals surface area contributed by atoms with Crippen LogP contribution in [0.4, 0.5) is 0 Å². The van der Waals surface area contributed by atoms with Gasteiger partial charge >= 0.3 is 0 Å². The first kappa shape index (κ1) is 13.9. The van der Waals surface area contributed by atoms with Crippen LogP contribution in [-0.4, -0.2) is 13.1 Å². The van der Waals surface area contributed by atoms with Crippen molar-refractivity contribution in [3.05, 3.63) is 0 Å². The van der Waals surface area contributed by atoms with E-state index in [1.807, 2.05) is 0 Å². The number of nitrogens with one attached hydrogen (secondary N) is 1. The second-order valence-electron chi connectivity index (χ2n) is 8.23. The molecule has 4 aliphatic carbocycles. The van der Waals surface area contributed by atoms with E-state index < -0.39 is 0 Å². The van der Waals surface area contributed by atoms with Gasteiger partial charge in [0.25, 0.3) is 0 Å². The summed E-state index contributed by atoms with van der Waals surface area (Å²) in [5, 5.41) is 3.70. The predicted octanol–water partition coefficient (Wildman–Crippen LogP) is 4.47. The average molecular weight is 263 g/mol. The quantitative estimate of drug-likeness (QED) is 0.745. The van der Waals surface area contributed by atoms with E-state index in [0.717, 1.165) is 41.5 Å². The molecule has 1 nitrogen and oxygen atoms in total. The van der Waals surface area contributed by atoms with Crippen LogP contribution in [0.25, 0.3) is 0 Å². The topological polar surface area (TPSA) is 12.0 Å². The lowest BCUT2D eigenvalue weighted by Gasteiger charge is -2.56. The first-order chi connectivity index (χ1) is 9.17. The smallest absolute Gasteiger partial charge is 0.00976 e.